The molecule has 0 spiro atoms. The van der Waals surface area contributed by atoms with Crippen molar-refractivity contribution in [3.05, 3.63) is 71.3 Å². The van der Waals surface area contributed by atoms with Gasteiger partial charge in [-0.3, -0.25) is 14.2 Å². The Morgan fingerprint density at radius 2 is 1.93 bits per heavy atom. The first-order valence-electron chi connectivity index (χ1n) is 10.2. The topological polar surface area (TPSA) is 76.8 Å². The number of amides is 1. The van der Waals surface area contributed by atoms with Gasteiger partial charge in [0.1, 0.15) is 5.54 Å². The summed E-state index contributed by atoms with van der Waals surface area (Å²) < 4.78 is 3.83. The third-order valence-electron chi connectivity index (χ3n) is 5.93. The third kappa shape index (κ3) is 3.82. The zero-order chi connectivity index (χ0) is 20.3. The zero-order valence-corrected chi connectivity index (χ0v) is 17.1. The minimum Gasteiger partial charge on any atom is -0.350 e. The maximum absolute atomic E-state index is 13.3. The zero-order valence-electron chi connectivity index (χ0n) is 17.1. The Bertz CT molecular complexity index is 955. The summed E-state index contributed by atoms with van der Waals surface area (Å²) in [6.07, 6.45) is 5.08. The normalized spacial score (nSPS) is 15.9. The highest BCUT2D eigenvalue weighted by atomic mass is 16.2. The molecule has 152 valence electrons. The van der Waals surface area contributed by atoms with Crippen molar-refractivity contribution in [1.29, 1.82) is 0 Å². The number of aryl methyl sites for hydroxylation is 1. The van der Waals surface area contributed by atoms with Gasteiger partial charge in [-0.15, -0.1) is 0 Å². The lowest BCUT2D eigenvalue weighted by Gasteiger charge is -2.36. The molecule has 4 rings (SSSR count). The molecule has 3 aromatic rings. The van der Waals surface area contributed by atoms with E-state index in [4.69, 9.17) is 5.10 Å². The van der Waals surface area contributed by atoms with Crippen LogP contribution >= 0.6 is 0 Å². The lowest BCUT2D eigenvalue weighted by Crippen LogP contribution is -2.54. The van der Waals surface area contributed by atoms with Gasteiger partial charge in [0, 0.05) is 30.2 Å². The van der Waals surface area contributed by atoms with E-state index in [0.717, 1.165) is 49.4 Å². The standard InChI is InChI=1S/C22H28N6O/c1-17-20(18(2)27(26-17)16-19-7-4-3-5-8-19)15-24-21(29)22(9-12-23-13-10-22)28-14-6-11-25-28/h3-8,11,14,23H,9-10,12-13,15-16H2,1-2H3,(H,24,29). The molecule has 0 unspecified atom stereocenters. The van der Waals surface area contributed by atoms with Gasteiger partial charge in [-0.05, 0) is 51.4 Å². The van der Waals surface area contributed by atoms with Crippen LogP contribution in [-0.2, 0) is 23.4 Å². The number of aromatic nitrogens is 4. The number of hydrogen-bond acceptors (Lipinski definition) is 4. The number of carbonyl (C=O) groups is 1. The van der Waals surface area contributed by atoms with Crippen molar-refractivity contribution in [2.45, 2.75) is 45.3 Å². The molecule has 1 amide bonds. The smallest absolute Gasteiger partial charge is 0.248 e. The molecular weight excluding hydrogens is 364 g/mol. The highest BCUT2D eigenvalue weighted by Crippen LogP contribution is 2.27. The molecule has 1 aliphatic rings. The van der Waals surface area contributed by atoms with Crippen LogP contribution in [0.3, 0.4) is 0 Å². The van der Waals surface area contributed by atoms with Gasteiger partial charge in [0.25, 0.3) is 0 Å². The minimum atomic E-state index is -0.628. The number of carbonyl (C=O) groups excluding carboxylic acids is 1. The molecule has 0 saturated carbocycles. The Morgan fingerprint density at radius 1 is 1.17 bits per heavy atom. The molecule has 0 radical (unpaired) electrons. The molecule has 0 atom stereocenters. The second-order valence-corrected chi connectivity index (χ2v) is 7.71. The molecule has 1 aromatic carbocycles. The van der Waals surface area contributed by atoms with Crippen molar-refractivity contribution in [3.63, 3.8) is 0 Å². The Labute approximate surface area is 171 Å². The van der Waals surface area contributed by atoms with Crippen LogP contribution in [0, 0.1) is 13.8 Å². The lowest BCUT2D eigenvalue weighted by atomic mass is 9.87. The van der Waals surface area contributed by atoms with Crippen molar-refractivity contribution < 1.29 is 4.79 Å². The van der Waals surface area contributed by atoms with Gasteiger partial charge in [-0.25, -0.2) is 0 Å². The third-order valence-corrected chi connectivity index (χ3v) is 5.93. The van der Waals surface area contributed by atoms with Crippen molar-refractivity contribution >= 4 is 5.91 Å². The monoisotopic (exact) mass is 392 g/mol. The lowest BCUT2D eigenvalue weighted by molar-refractivity contribution is -0.132. The van der Waals surface area contributed by atoms with E-state index in [0.29, 0.717) is 6.54 Å². The maximum atomic E-state index is 13.3. The molecule has 1 saturated heterocycles. The Hall–Kier alpha value is -2.93. The van der Waals surface area contributed by atoms with Crippen molar-refractivity contribution in [2.75, 3.05) is 13.1 Å². The Balaban J connectivity index is 1.50. The van der Waals surface area contributed by atoms with Gasteiger partial charge in [0.2, 0.25) is 5.91 Å². The van der Waals surface area contributed by atoms with E-state index in [9.17, 15) is 4.79 Å². The quantitative estimate of drug-likeness (QED) is 0.674. The van der Waals surface area contributed by atoms with E-state index in [1.165, 1.54) is 5.56 Å². The number of nitrogens with zero attached hydrogens (tertiary/aromatic N) is 4. The summed E-state index contributed by atoms with van der Waals surface area (Å²) in [5.41, 5.74) is 3.71. The first kappa shape index (κ1) is 19.4. The van der Waals surface area contributed by atoms with Crippen LogP contribution < -0.4 is 10.6 Å². The SMILES string of the molecule is Cc1nn(Cc2ccccc2)c(C)c1CNC(=O)C1(n2cccn2)CCNCC1. The molecular formula is C22H28N6O. The molecule has 1 fully saturated rings. The number of nitrogens with one attached hydrogen (secondary N) is 2. The van der Waals surface area contributed by atoms with Crippen LogP contribution in [0.1, 0.15) is 35.4 Å². The number of hydrogen-bond donors (Lipinski definition) is 2. The average molecular weight is 393 g/mol. The molecule has 0 aliphatic carbocycles. The molecule has 1 aliphatic heterocycles. The molecule has 2 N–H and O–H groups in total. The number of benzene rings is 1. The minimum absolute atomic E-state index is 0.0253. The highest BCUT2D eigenvalue weighted by Gasteiger charge is 2.41. The van der Waals surface area contributed by atoms with Gasteiger partial charge in [0.05, 0.1) is 12.2 Å². The molecule has 2 aromatic heterocycles. The van der Waals surface area contributed by atoms with Crippen LogP contribution in [0.5, 0.6) is 0 Å². The van der Waals surface area contributed by atoms with Crippen molar-refractivity contribution in [3.8, 4) is 0 Å². The molecule has 7 nitrogen and oxygen atoms in total. The Morgan fingerprint density at radius 3 is 2.62 bits per heavy atom. The van der Waals surface area contributed by atoms with E-state index >= 15 is 0 Å². The number of rotatable bonds is 6. The fourth-order valence-corrected chi connectivity index (χ4v) is 4.16. The summed E-state index contributed by atoms with van der Waals surface area (Å²) in [6, 6.07) is 12.2. The number of piperidine rings is 1. The molecule has 29 heavy (non-hydrogen) atoms. The fourth-order valence-electron chi connectivity index (χ4n) is 4.16. The molecule has 0 bridgehead atoms. The second-order valence-electron chi connectivity index (χ2n) is 7.71. The Kier molecular flexibility index (Phi) is 5.49. The van der Waals surface area contributed by atoms with E-state index < -0.39 is 5.54 Å². The summed E-state index contributed by atoms with van der Waals surface area (Å²) in [5, 5.41) is 15.6. The summed E-state index contributed by atoms with van der Waals surface area (Å²) in [6.45, 7) is 6.88. The summed E-state index contributed by atoms with van der Waals surface area (Å²) >= 11 is 0. The maximum Gasteiger partial charge on any atom is 0.248 e. The predicted octanol–water partition coefficient (Wildman–Crippen LogP) is 2.14. The van der Waals surface area contributed by atoms with E-state index in [1.807, 2.05) is 46.7 Å². The first-order valence-corrected chi connectivity index (χ1v) is 10.2. The van der Waals surface area contributed by atoms with Crippen LogP contribution in [0.15, 0.2) is 48.8 Å². The second kappa shape index (κ2) is 8.21. The fraction of sp³-hybridized carbons (Fsp3) is 0.409. The van der Waals surface area contributed by atoms with Crippen molar-refractivity contribution in [1.82, 2.24) is 30.2 Å². The van der Waals surface area contributed by atoms with Gasteiger partial charge < -0.3 is 10.6 Å². The van der Waals surface area contributed by atoms with Gasteiger partial charge in [-0.2, -0.15) is 10.2 Å². The van der Waals surface area contributed by atoms with Gasteiger partial charge >= 0.3 is 0 Å². The largest absolute Gasteiger partial charge is 0.350 e. The highest BCUT2D eigenvalue weighted by molar-refractivity contribution is 5.84. The van der Waals surface area contributed by atoms with E-state index in [1.54, 1.807) is 6.20 Å². The van der Waals surface area contributed by atoms with Crippen LogP contribution in [0.2, 0.25) is 0 Å². The molecule has 7 heteroatoms. The van der Waals surface area contributed by atoms with E-state index in [-0.39, 0.29) is 5.91 Å². The summed E-state index contributed by atoms with van der Waals surface area (Å²) in [4.78, 5) is 13.3. The summed E-state index contributed by atoms with van der Waals surface area (Å²) in [7, 11) is 0. The van der Waals surface area contributed by atoms with Gasteiger partial charge in [0.15, 0.2) is 0 Å². The summed E-state index contributed by atoms with van der Waals surface area (Å²) in [5.74, 6) is 0.0253. The van der Waals surface area contributed by atoms with Crippen LogP contribution in [-0.4, -0.2) is 38.6 Å². The molecule has 3 heterocycles. The van der Waals surface area contributed by atoms with Gasteiger partial charge in [-0.1, -0.05) is 30.3 Å². The van der Waals surface area contributed by atoms with Crippen LogP contribution in [0.25, 0.3) is 0 Å². The first-order chi connectivity index (χ1) is 14.1. The van der Waals surface area contributed by atoms with Crippen LogP contribution in [0.4, 0.5) is 0 Å². The predicted molar refractivity (Wildman–Crippen MR) is 111 cm³/mol. The van der Waals surface area contributed by atoms with E-state index in [2.05, 4.69) is 34.8 Å². The van der Waals surface area contributed by atoms with Crippen molar-refractivity contribution in [2.24, 2.45) is 0 Å². The average Bonchev–Trinajstić information content (AvgIpc) is 3.37.